The molecule has 1 N–H and O–H groups in total. The van der Waals surface area contributed by atoms with Gasteiger partial charge in [0.2, 0.25) is 5.91 Å². The summed E-state index contributed by atoms with van der Waals surface area (Å²) in [6.45, 7) is 4.17. The summed E-state index contributed by atoms with van der Waals surface area (Å²) in [5.41, 5.74) is 1.88. The molecule has 1 heterocycles. The van der Waals surface area contributed by atoms with Gasteiger partial charge in [-0.05, 0) is 42.5 Å². The lowest BCUT2D eigenvalue weighted by Gasteiger charge is -2.27. The number of carbonyl (C=O) groups is 2. The van der Waals surface area contributed by atoms with E-state index in [4.69, 9.17) is 0 Å². The predicted octanol–water partition coefficient (Wildman–Crippen LogP) is 3.27. The zero-order chi connectivity index (χ0) is 21.2. The molecule has 3 rings (SSSR count). The maximum absolute atomic E-state index is 13.3. The van der Waals surface area contributed by atoms with Gasteiger partial charge >= 0.3 is 0 Å². The van der Waals surface area contributed by atoms with Crippen LogP contribution in [-0.4, -0.2) is 65.8 Å². The summed E-state index contributed by atoms with van der Waals surface area (Å²) in [6.07, 6.45) is 3.61. The molecule has 0 saturated carbocycles. The molecular formula is C24H31N3O2S. The molecule has 30 heavy (non-hydrogen) atoms. The van der Waals surface area contributed by atoms with Crippen LogP contribution in [0, 0.1) is 0 Å². The summed E-state index contributed by atoms with van der Waals surface area (Å²) in [6, 6.07) is 19.1. The van der Waals surface area contributed by atoms with Crippen LogP contribution in [0.4, 0.5) is 0 Å². The summed E-state index contributed by atoms with van der Waals surface area (Å²) in [5, 5.41) is 2.98. The van der Waals surface area contributed by atoms with Crippen molar-refractivity contribution < 1.29 is 9.59 Å². The van der Waals surface area contributed by atoms with E-state index in [0.717, 1.165) is 38.4 Å². The molecule has 1 aliphatic heterocycles. The molecule has 1 aliphatic rings. The van der Waals surface area contributed by atoms with E-state index < -0.39 is 6.04 Å². The minimum atomic E-state index is -0.481. The molecule has 0 radical (unpaired) electrons. The second-order valence-corrected chi connectivity index (χ2v) is 8.60. The Labute approximate surface area is 183 Å². The molecule has 5 nitrogen and oxygen atoms in total. The maximum Gasteiger partial charge on any atom is 0.251 e. The molecule has 1 atom stereocenters. The molecule has 0 aromatic heterocycles. The number of rotatable bonds is 8. The van der Waals surface area contributed by atoms with Gasteiger partial charge in [-0.15, -0.1) is 0 Å². The fraction of sp³-hybridized carbons (Fsp3) is 0.417. The van der Waals surface area contributed by atoms with Crippen molar-refractivity contribution in [2.24, 2.45) is 0 Å². The van der Waals surface area contributed by atoms with Gasteiger partial charge in [-0.25, -0.2) is 0 Å². The van der Waals surface area contributed by atoms with Crippen LogP contribution >= 0.6 is 11.8 Å². The van der Waals surface area contributed by atoms with Gasteiger partial charge < -0.3 is 10.2 Å². The first-order valence-electron chi connectivity index (χ1n) is 10.6. The standard InChI is InChI=1S/C24H31N3O2S/c1-30-18-13-22(25-23(28)21-11-6-3-7-12-21)24(29)27-15-8-14-26(16-17-27)19-20-9-4-2-5-10-20/h2-7,9-12,22H,8,13-19H2,1H3,(H,25,28). The van der Waals surface area contributed by atoms with Crippen LogP contribution < -0.4 is 5.32 Å². The number of hydrogen-bond donors (Lipinski definition) is 1. The van der Waals surface area contributed by atoms with E-state index in [1.54, 1.807) is 23.9 Å². The van der Waals surface area contributed by atoms with E-state index >= 15 is 0 Å². The zero-order valence-corrected chi connectivity index (χ0v) is 18.4. The van der Waals surface area contributed by atoms with E-state index in [0.29, 0.717) is 18.5 Å². The molecule has 0 aliphatic carbocycles. The number of nitrogens with zero attached hydrogens (tertiary/aromatic N) is 2. The molecule has 1 unspecified atom stereocenters. The predicted molar refractivity (Wildman–Crippen MR) is 124 cm³/mol. The van der Waals surface area contributed by atoms with E-state index in [1.807, 2.05) is 35.4 Å². The lowest BCUT2D eigenvalue weighted by atomic mass is 10.1. The first-order chi connectivity index (χ1) is 14.7. The van der Waals surface area contributed by atoms with Crippen molar-refractivity contribution in [1.29, 1.82) is 0 Å². The van der Waals surface area contributed by atoms with E-state index in [9.17, 15) is 9.59 Å². The summed E-state index contributed by atoms with van der Waals surface area (Å²) in [7, 11) is 0. The highest BCUT2D eigenvalue weighted by atomic mass is 32.2. The van der Waals surface area contributed by atoms with Crippen LogP contribution in [0.25, 0.3) is 0 Å². The Hall–Kier alpha value is -2.31. The number of carbonyl (C=O) groups excluding carboxylic acids is 2. The molecule has 6 heteroatoms. The third-order valence-corrected chi connectivity index (χ3v) is 6.04. The van der Waals surface area contributed by atoms with Gasteiger partial charge in [0, 0.05) is 38.3 Å². The molecule has 2 aromatic carbocycles. The normalized spacial score (nSPS) is 16.0. The lowest BCUT2D eigenvalue weighted by Crippen LogP contribution is -2.49. The number of amides is 2. The van der Waals surface area contributed by atoms with Crippen LogP contribution in [0.2, 0.25) is 0 Å². The smallest absolute Gasteiger partial charge is 0.251 e. The summed E-state index contributed by atoms with van der Waals surface area (Å²) >= 11 is 1.69. The van der Waals surface area contributed by atoms with Gasteiger partial charge in [-0.1, -0.05) is 48.5 Å². The molecular weight excluding hydrogens is 394 g/mol. The number of hydrogen-bond acceptors (Lipinski definition) is 4. The lowest BCUT2D eigenvalue weighted by molar-refractivity contribution is -0.133. The minimum Gasteiger partial charge on any atom is -0.340 e. The summed E-state index contributed by atoms with van der Waals surface area (Å²) in [5.74, 6) is 0.685. The van der Waals surface area contributed by atoms with Gasteiger partial charge in [0.05, 0.1) is 0 Å². The quantitative estimate of drug-likeness (QED) is 0.705. The molecule has 1 saturated heterocycles. The van der Waals surface area contributed by atoms with Gasteiger partial charge in [0.25, 0.3) is 5.91 Å². The van der Waals surface area contributed by atoms with Crippen molar-refractivity contribution in [2.45, 2.75) is 25.4 Å². The largest absolute Gasteiger partial charge is 0.340 e. The Kier molecular flexibility index (Phi) is 8.78. The highest BCUT2D eigenvalue weighted by molar-refractivity contribution is 7.98. The number of nitrogens with one attached hydrogen (secondary N) is 1. The average Bonchev–Trinajstić information content (AvgIpc) is 3.03. The Morgan fingerprint density at radius 2 is 1.67 bits per heavy atom. The van der Waals surface area contributed by atoms with Crippen molar-refractivity contribution in [1.82, 2.24) is 15.1 Å². The van der Waals surface area contributed by atoms with Gasteiger partial charge in [0.1, 0.15) is 6.04 Å². The number of thioether (sulfide) groups is 1. The van der Waals surface area contributed by atoms with Crippen LogP contribution in [0.3, 0.4) is 0 Å². The van der Waals surface area contributed by atoms with Crippen molar-refractivity contribution in [3.05, 3.63) is 71.8 Å². The third kappa shape index (κ3) is 6.61. The maximum atomic E-state index is 13.3. The fourth-order valence-corrected chi connectivity index (χ4v) is 4.21. The number of benzene rings is 2. The summed E-state index contributed by atoms with van der Waals surface area (Å²) < 4.78 is 0. The minimum absolute atomic E-state index is 0.0369. The Bertz CT molecular complexity index is 801. The zero-order valence-electron chi connectivity index (χ0n) is 17.6. The van der Waals surface area contributed by atoms with Crippen LogP contribution in [-0.2, 0) is 11.3 Å². The van der Waals surface area contributed by atoms with Crippen LogP contribution in [0.5, 0.6) is 0 Å². The second kappa shape index (κ2) is 11.8. The Morgan fingerprint density at radius 3 is 2.37 bits per heavy atom. The Balaban J connectivity index is 1.60. The first-order valence-corrected chi connectivity index (χ1v) is 12.0. The van der Waals surface area contributed by atoms with Crippen molar-refractivity contribution in [2.75, 3.05) is 38.2 Å². The summed E-state index contributed by atoms with van der Waals surface area (Å²) in [4.78, 5) is 30.2. The monoisotopic (exact) mass is 425 g/mol. The topological polar surface area (TPSA) is 52.7 Å². The first kappa shape index (κ1) is 22.4. The SMILES string of the molecule is CSCCC(NC(=O)c1ccccc1)C(=O)N1CCCN(Cc2ccccc2)CC1. The van der Waals surface area contributed by atoms with E-state index in [-0.39, 0.29) is 11.8 Å². The van der Waals surface area contributed by atoms with Crippen molar-refractivity contribution >= 4 is 23.6 Å². The average molecular weight is 426 g/mol. The molecule has 2 aromatic rings. The molecule has 1 fully saturated rings. The van der Waals surface area contributed by atoms with Crippen LogP contribution in [0.15, 0.2) is 60.7 Å². The van der Waals surface area contributed by atoms with Crippen molar-refractivity contribution in [3.8, 4) is 0 Å². The van der Waals surface area contributed by atoms with E-state index in [1.165, 1.54) is 5.56 Å². The molecule has 160 valence electrons. The fourth-order valence-electron chi connectivity index (χ4n) is 3.74. The van der Waals surface area contributed by atoms with Gasteiger partial charge in [-0.2, -0.15) is 11.8 Å². The highest BCUT2D eigenvalue weighted by Crippen LogP contribution is 2.12. The van der Waals surface area contributed by atoms with Crippen molar-refractivity contribution in [3.63, 3.8) is 0 Å². The Morgan fingerprint density at radius 1 is 0.967 bits per heavy atom. The second-order valence-electron chi connectivity index (χ2n) is 7.61. The highest BCUT2D eigenvalue weighted by Gasteiger charge is 2.27. The molecule has 2 amide bonds. The molecule has 0 spiro atoms. The molecule has 0 bridgehead atoms. The van der Waals surface area contributed by atoms with Gasteiger partial charge in [0.15, 0.2) is 0 Å². The van der Waals surface area contributed by atoms with Gasteiger partial charge in [-0.3, -0.25) is 14.5 Å². The third-order valence-electron chi connectivity index (χ3n) is 5.40. The van der Waals surface area contributed by atoms with Crippen LogP contribution in [0.1, 0.15) is 28.8 Å². The van der Waals surface area contributed by atoms with E-state index in [2.05, 4.69) is 34.5 Å².